The quantitative estimate of drug-likeness (QED) is 0.658. The van der Waals surface area contributed by atoms with E-state index in [-0.39, 0.29) is 0 Å². The second-order valence-electron chi connectivity index (χ2n) is 5.85. The maximum Gasteiger partial charge on any atom is 0.226 e. The zero-order valence-electron chi connectivity index (χ0n) is 14.1. The monoisotopic (exact) mass is 322 g/mol. The van der Waals surface area contributed by atoms with Gasteiger partial charge in [0.05, 0.1) is 12.8 Å². The van der Waals surface area contributed by atoms with E-state index in [1.54, 1.807) is 13.4 Å². The zero-order valence-corrected chi connectivity index (χ0v) is 14.1. The SMILES string of the molecule is COc1cccc(-c2nc(CN(C)CCc3ccccc3)co2)c1. The topological polar surface area (TPSA) is 38.5 Å². The van der Waals surface area contributed by atoms with Gasteiger partial charge in [-0.05, 0) is 37.2 Å². The molecule has 3 aromatic rings. The van der Waals surface area contributed by atoms with Crippen molar-refractivity contribution in [2.75, 3.05) is 20.7 Å². The summed E-state index contributed by atoms with van der Waals surface area (Å²) in [5.74, 6) is 1.42. The highest BCUT2D eigenvalue weighted by Crippen LogP contribution is 2.23. The molecule has 4 heteroatoms. The average molecular weight is 322 g/mol. The standard InChI is InChI=1S/C20H22N2O2/c1-22(12-11-16-7-4-3-5-8-16)14-18-15-24-20(21-18)17-9-6-10-19(13-17)23-2/h3-10,13,15H,11-12,14H2,1-2H3. The highest BCUT2D eigenvalue weighted by atomic mass is 16.5. The molecular weight excluding hydrogens is 300 g/mol. The molecule has 1 aromatic heterocycles. The Morgan fingerprint density at radius 1 is 1.08 bits per heavy atom. The molecule has 0 atom stereocenters. The van der Waals surface area contributed by atoms with Crippen molar-refractivity contribution in [3.8, 4) is 17.2 Å². The van der Waals surface area contributed by atoms with E-state index in [1.165, 1.54) is 5.56 Å². The van der Waals surface area contributed by atoms with Crippen molar-refractivity contribution < 1.29 is 9.15 Å². The summed E-state index contributed by atoms with van der Waals surface area (Å²) >= 11 is 0. The molecule has 124 valence electrons. The predicted molar refractivity (Wildman–Crippen MR) is 95.0 cm³/mol. The number of oxazole rings is 1. The number of hydrogen-bond acceptors (Lipinski definition) is 4. The van der Waals surface area contributed by atoms with E-state index in [1.807, 2.05) is 30.3 Å². The Morgan fingerprint density at radius 3 is 2.71 bits per heavy atom. The van der Waals surface area contributed by atoms with Crippen LogP contribution in [0.25, 0.3) is 11.5 Å². The van der Waals surface area contributed by atoms with Crippen molar-refractivity contribution in [1.82, 2.24) is 9.88 Å². The van der Waals surface area contributed by atoms with Gasteiger partial charge in [0.1, 0.15) is 12.0 Å². The van der Waals surface area contributed by atoms with Crippen molar-refractivity contribution in [3.05, 3.63) is 72.1 Å². The van der Waals surface area contributed by atoms with E-state index in [4.69, 9.17) is 9.15 Å². The first kappa shape index (κ1) is 16.3. The number of likely N-dealkylation sites (N-methyl/N-ethyl adjacent to an activating group) is 1. The van der Waals surface area contributed by atoms with Crippen LogP contribution in [-0.4, -0.2) is 30.6 Å². The number of nitrogens with zero attached hydrogens (tertiary/aromatic N) is 2. The van der Waals surface area contributed by atoms with Crippen LogP contribution in [-0.2, 0) is 13.0 Å². The van der Waals surface area contributed by atoms with Crippen LogP contribution >= 0.6 is 0 Å². The average Bonchev–Trinajstić information content (AvgIpc) is 3.09. The van der Waals surface area contributed by atoms with Crippen LogP contribution in [0.4, 0.5) is 0 Å². The molecular formula is C20H22N2O2. The van der Waals surface area contributed by atoms with Crippen LogP contribution in [0.2, 0.25) is 0 Å². The van der Waals surface area contributed by atoms with E-state index in [0.29, 0.717) is 5.89 Å². The molecule has 24 heavy (non-hydrogen) atoms. The predicted octanol–water partition coefficient (Wildman–Crippen LogP) is 4.02. The van der Waals surface area contributed by atoms with Gasteiger partial charge in [-0.3, -0.25) is 0 Å². The fourth-order valence-electron chi connectivity index (χ4n) is 2.59. The maximum atomic E-state index is 5.62. The third kappa shape index (κ3) is 4.24. The highest BCUT2D eigenvalue weighted by molar-refractivity contribution is 5.55. The molecule has 0 unspecified atom stereocenters. The molecule has 3 rings (SSSR count). The molecule has 2 aromatic carbocycles. The molecule has 0 spiro atoms. The van der Waals surface area contributed by atoms with Gasteiger partial charge in [-0.1, -0.05) is 36.4 Å². The highest BCUT2D eigenvalue weighted by Gasteiger charge is 2.09. The van der Waals surface area contributed by atoms with Crippen LogP contribution in [0.1, 0.15) is 11.3 Å². The van der Waals surface area contributed by atoms with Gasteiger partial charge in [0, 0.05) is 18.7 Å². The third-order valence-electron chi connectivity index (χ3n) is 3.93. The van der Waals surface area contributed by atoms with E-state index in [2.05, 4.69) is 41.2 Å². The first-order valence-electron chi connectivity index (χ1n) is 8.06. The van der Waals surface area contributed by atoms with Gasteiger partial charge in [0.2, 0.25) is 5.89 Å². The van der Waals surface area contributed by atoms with Gasteiger partial charge >= 0.3 is 0 Å². The Morgan fingerprint density at radius 2 is 1.92 bits per heavy atom. The lowest BCUT2D eigenvalue weighted by Crippen LogP contribution is -2.20. The summed E-state index contributed by atoms with van der Waals surface area (Å²) in [6.45, 7) is 1.74. The summed E-state index contributed by atoms with van der Waals surface area (Å²) in [7, 11) is 3.75. The number of benzene rings is 2. The molecule has 0 radical (unpaired) electrons. The van der Waals surface area contributed by atoms with Gasteiger partial charge in [-0.2, -0.15) is 0 Å². The van der Waals surface area contributed by atoms with Crippen molar-refractivity contribution in [2.45, 2.75) is 13.0 Å². The Bertz CT molecular complexity index is 768. The van der Waals surface area contributed by atoms with Crippen LogP contribution in [0.15, 0.2) is 65.3 Å². The molecule has 0 saturated heterocycles. The number of hydrogen-bond donors (Lipinski definition) is 0. The summed E-state index contributed by atoms with van der Waals surface area (Å²) in [5.41, 5.74) is 3.21. The molecule has 0 aliphatic rings. The largest absolute Gasteiger partial charge is 0.497 e. The molecule has 0 fully saturated rings. The smallest absolute Gasteiger partial charge is 0.226 e. The van der Waals surface area contributed by atoms with E-state index in [9.17, 15) is 0 Å². The minimum absolute atomic E-state index is 0.625. The second-order valence-corrected chi connectivity index (χ2v) is 5.85. The molecule has 0 N–H and O–H groups in total. The lowest BCUT2D eigenvalue weighted by molar-refractivity contribution is 0.327. The third-order valence-corrected chi connectivity index (χ3v) is 3.93. The second kappa shape index (κ2) is 7.79. The van der Waals surface area contributed by atoms with E-state index < -0.39 is 0 Å². The number of ether oxygens (including phenoxy) is 1. The summed E-state index contributed by atoms with van der Waals surface area (Å²) < 4.78 is 10.9. The molecule has 1 heterocycles. The summed E-state index contributed by atoms with van der Waals surface area (Å²) in [6, 6.07) is 18.2. The minimum Gasteiger partial charge on any atom is -0.497 e. The maximum absolute atomic E-state index is 5.62. The molecule has 0 aliphatic carbocycles. The van der Waals surface area contributed by atoms with Gasteiger partial charge in [-0.25, -0.2) is 4.98 Å². The van der Waals surface area contributed by atoms with Gasteiger partial charge in [0.15, 0.2) is 0 Å². The summed E-state index contributed by atoms with van der Waals surface area (Å²) in [4.78, 5) is 6.84. The summed E-state index contributed by atoms with van der Waals surface area (Å²) in [6.07, 6.45) is 2.76. The number of aromatic nitrogens is 1. The molecule has 0 amide bonds. The number of rotatable bonds is 7. The van der Waals surface area contributed by atoms with Crippen LogP contribution in [0.5, 0.6) is 5.75 Å². The van der Waals surface area contributed by atoms with Gasteiger partial charge in [0.25, 0.3) is 0 Å². The molecule has 0 aliphatic heterocycles. The van der Waals surface area contributed by atoms with E-state index in [0.717, 1.165) is 36.5 Å². The van der Waals surface area contributed by atoms with Crippen molar-refractivity contribution in [2.24, 2.45) is 0 Å². The van der Waals surface area contributed by atoms with Crippen LogP contribution < -0.4 is 4.74 Å². The lowest BCUT2D eigenvalue weighted by atomic mass is 10.1. The number of methoxy groups -OCH3 is 1. The van der Waals surface area contributed by atoms with Crippen LogP contribution in [0, 0.1) is 0 Å². The normalized spacial score (nSPS) is 11.0. The Kier molecular flexibility index (Phi) is 5.29. The Hall–Kier alpha value is -2.59. The van der Waals surface area contributed by atoms with Crippen molar-refractivity contribution in [3.63, 3.8) is 0 Å². The summed E-state index contributed by atoms with van der Waals surface area (Å²) in [5, 5.41) is 0. The van der Waals surface area contributed by atoms with Crippen molar-refractivity contribution >= 4 is 0 Å². The minimum atomic E-state index is 0.625. The Labute approximate surface area is 142 Å². The van der Waals surface area contributed by atoms with E-state index >= 15 is 0 Å². The molecule has 4 nitrogen and oxygen atoms in total. The lowest BCUT2D eigenvalue weighted by Gasteiger charge is -2.14. The Balaban J connectivity index is 1.59. The fourth-order valence-corrected chi connectivity index (χ4v) is 2.59. The first-order chi connectivity index (χ1) is 11.7. The molecule has 0 bridgehead atoms. The first-order valence-corrected chi connectivity index (χ1v) is 8.06. The van der Waals surface area contributed by atoms with Crippen LogP contribution in [0.3, 0.4) is 0 Å². The fraction of sp³-hybridized carbons (Fsp3) is 0.250. The van der Waals surface area contributed by atoms with Gasteiger partial charge < -0.3 is 14.1 Å². The zero-order chi connectivity index (χ0) is 16.8. The van der Waals surface area contributed by atoms with Gasteiger partial charge in [-0.15, -0.1) is 0 Å². The molecule has 0 saturated carbocycles. The van der Waals surface area contributed by atoms with Crippen molar-refractivity contribution in [1.29, 1.82) is 0 Å².